The number of ketones is 1. The first kappa shape index (κ1) is 24.5. The van der Waals surface area contributed by atoms with Crippen LogP contribution in [-0.2, 0) is 4.79 Å². The minimum Gasteiger partial charge on any atom is -0.496 e. The Hall–Kier alpha value is -3.11. The van der Waals surface area contributed by atoms with Crippen molar-refractivity contribution in [3.63, 3.8) is 0 Å². The van der Waals surface area contributed by atoms with Gasteiger partial charge in [0.15, 0.2) is 6.29 Å². The lowest BCUT2D eigenvalue weighted by Crippen LogP contribution is -2.53. The second kappa shape index (κ2) is 11.2. The number of ether oxygens (including phenoxy) is 1. The van der Waals surface area contributed by atoms with Gasteiger partial charge in [-0.15, -0.1) is 0 Å². The van der Waals surface area contributed by atoms with Gasteiger partial charge in [-0.05, 0) is 44.1 Å². The molecule has 1 aromatic heterocycles. The van der Waals surface area contributed by atoms with Gasteiger partial charge in [0.05, 0.1) is 18.2 Å². The largest absolute Gasteiger partial charge is 0.496 e. The molecule has 1 fully saturated rings. The van der Waals surface area contributed by atoms with E-state index in [1.54, 1.807) is 0 Å². The van der Waals surface area contributed by atoms with Gasteiger partial charge >= 0.3 is 0 Å². The number of carbonyl (C=O) groups excluding carboxylic acids is 2. The molecule has 1 aliphatic rings. The number of rotatable bonds is 10. The summed E-state index contributed by atoms with van der Waals surface area (Å²) < 4.78 is 18.8. The van der Waals surface area contributed by atoms with Crippen LogP contribution in [0.4, 0.5) is 16.2 Å². The summed E-state index contributed by atoms with van der Waals surface area (Å²) in [6.45, 7) is 7.27. The monoisotopic (exact) mass is 458 g/mol. The molecule has 0 amide bonds. The molecule has 1 saturated heterocycles. The number of nitrogens with two attached hydrogens (primary N) is 1. The zero-order chi connectivity index (χ0) is 24.0. The van der Waals surface area contributed by atoms with E-state index < -0.39 is 11.6 Å². The average molecular weight is 459 g/mol. The molecule has 2 aromatic rings. The molecule has 178 valence electrons. The minimum absolute atomic E-state index is 0.00352. The van der Waals surface area contributed by atoms with Gasteiger partial charge in [0.25, 0.3) is 0 Å². The molecule has 1 atom stereocenters. The van der Waals surface area contributed by atoms with Crippen LogP contribution in [0.15, 0.2) is 24.4 Å². The summed E-state index contributed by atoms with van der Waals surface area (Å²) in [4.78, 5) is 37.3. The van der Waals surface area contributed by atoms with E-state index in [0.29, 0.717) is 5.95 Å². The van der Waals surface area contributed by atoms with Crippen molar-refractivity contribution in [2.24, 2.45) is 0 Å². The molecular formula is C23H31FN6O3. The number of likely N-dealkylation sites (N-methyl/N-ethyl adjacent to an activating group) is 1. The number of nitrogen functional groups attached to an aromatic ring is 1. The number of carbonyl (C=O) groups is 2. The molecule has 10 heteroatoms. The van der Waals surface area contributed by atoms with Crippen LogP contribution in [0.5, 0.6) is 5.75 Å². The molecule has 0 bridgehead atoms. The fourth-order valence-electron chi connectivity index (χ4n) is 4.13. The number of methoxy groups -OCH3 is 1. The molecule has 0 spiro atoms. The van der Waals surface area contributed by atoms with E-state index in [0.717, 1.165) is 51.4 Å². The van der Waals surface area contributed by atoms with E-state index in [2.05, 4.69) is 38.9 Å². The van der Waals surface area contributed by atoms with Crippen molar-refractivity contribution in [1.29, 1.82) is 0 Å². The van der Waals surface area contributed by atoms with Crippen LogP contribution in [0, 0.1) is 5.82 Å². The third-order valence-corrected chi connectivity index (χ3v) is 6.01. The Morgan fingerprint density at radius 1 is 1.33 bits per heavy atom. The van der Waals surface area contributed by atoms with Gasteiger partial charge < -0.3 is 20.6 Å². The van der Waals surface area contributed by atoms with E-state index in [1.165, 1.54) is 25.4 Å². The Bertz CT molecular complexity index is 977. The molecule has 0 radical (unpaired) electrons. The summed E-state index contributed by atoms with van der Waals surface area (Å²) in [5.74, 6) is -0.498. The number of aromatic nitrogens is 2. The highest BCUT2D eigenvalue weighted by Crippen LogP contribution is 2.25. The third kappa shape index (κ3) is 5.63. The average Bonchev–Trinajstić information content (AvgIpc) is 2.83. The standard InChI is InChI=1S/C23H31FN6O3/c1-4-29(5-2)20(14-31)30-10-8-16(9-11-30)27-23-26-13-18(22(25)28-23)21(32)17-12-15(24)6-7-19(17)33-3/h6-7,12-14,16,20H,4-5,8-11H2,1-3H3,(H3,25,26,27,28). The number of aldehydes is 1. The van der Waals surface area contributed by atoms with Gasteiger partial charge in [-0.25, -0.2) is 9.37 Å². The fourth-order valence-corrected chi connectivity index (χ4v) is 4.13. The molecule has 3 N–H and O–H groups in total. The van der Waals surface area contributed by atoms with Crippen LogP contribution >= 0.6 is 0 Å². The van der Waals surface area contributed by atoms with Crippen molar-refractivity contribution in [3.8, 4) is 5.75 Å². The highest BCUT2D eigenvalue weighted by atomic mass is 19.1. The van der Waals surface area contributed by atoms with Gasteiger partial charge in [0.2, 0.25) is 11.7 Å². The maximum Gasteiger partial charge on any atom is 0.224 e. The zero-order valence-electron chi connectivity index (χ0n) is 19.3. The molecular weight excluding hydrogens is 427 g/mol. The summed E-state index contributed by atoms with van der Waals surface area (Å²) >= 11 is 0. The third-order valence-electron chi connectivity index (χ3n) is 6.01. The van der Waals surface area contributed by atoms with Crippen molar-refractivity contribution in [2.45, 2.75) is 38.9 Å². The van der Waals surface area contributed by atoms with E-state index in [4.69, 9.17) is 10.5 Å². The van der Waals surface area contributed by atoms with Crippen molar-refractivity contribution in [2.75, 3.05) is 44.3 Å². The number of halogens is 1. The highest BCUT2D eigenvalue weighted by molar-refractivity contribution is 6.13. The first-order chi connectivity index (χ1) is 15.9. The predicted molar refractivity (Wildman–Crippen MR) is 124 cm³/mol. The zero-order valence-corrected chi connectivity index (χ0v) is 19.3. The van der Waals surface area contributed by atoms with Crippen LogP contribution in [-0.4, -0.2) is 77.3 Å². The molecule has 1 aliphatic heterocycles. The van der Waals surface area contributed by atoms with Gasteiger partial charge in [-0.2, -0.15) is 4.98 Å². The number of nitrogens with one attached hydrogen (secondary N) is 1. The summed E-state index contributed by atoms with van der Waals surface area (Å²) in [5.41, 5.74) is 6.17. The Balaban J connectivity index is 1.65. The maximum atomic E-state index is 13.7. The quantitative estimate of drug-likeness (QED) is 0.408. The maximum absolute atomic E-state index is 13.7. The van der Waals surface area contributed by atoms with Gasteiger partial charge in [-0.1, -0.05) is 13.8 Å². The Kier molecular flexibility index (Phi) is 8.29. The lowest BCUT2D eigenvalue weighted by molar-refractivity contribution is -0.119. The first-order valence-electron chi connectivity index (χ1n) is 11.1. The number of hydrogen-bond donors (Lipinski definition) is 2. The lowest BCUT2D eigenvalue weighted by atomic mass is 10.0. The summed E-state index contributed by atoms with van der Waals surface area (Å²) in [5, 5.41) is 3.27. The van der Waals surface area contributed by atoms with Crippen LogP contribution in [0.2, 0.25) is 0 Å². The van der Waals surface area contributed by atoms with Crippen molar-refractivity contribution >= 4 is 23.8 Å². The molecule has 1 aromatic carbocycles. The molecule has 2 heterocycles. The molecule has 0 aliphatic carbocycles. The Morgan fingerprint density at radius 2 is 2.03 bits per heavy atom. The highest BCUT2D eigenvalue weighted by Gasteiger charge is 2.28. The normalized spacial score (nSPS) is 15.9. The van der Waals surface area contributed by atoms with Crippen LogP contribution in [0.3, 0.4) is 0 Å². The summed E-state index contributed by atoms with van der Waals surface area (Å²) in [7, 11) is 1.40. The second-order valence-electron chi connectivity index (χ2n) is 7.89. The van der Waals surface area contributed by atoms with Crippen LogP contribution in [0.25, 0.3) is 0 Å². The minimum atomic E-state index is -0.555. The summed E-state index contributed by atoms with van der Waals surface area (Å²) in [6.07, 6.45) is 3.77. The fraction of sp³-hybridized carbons (Fsp3) is 0.478. The number of likely N-dealkylation sites (tertiary alicyclic amines) is 1. The summed E-state index contributed by atoms with van der Waals surface area (Å²) in [6, 6.07) is 3.82. The van der Waals surface area contributed by atoms with E-state index in [-0.39, 0.29) is 34.9 Å². The lowest BCUT2D eigenvalue weighted by Gasteiger charge is -2.39. The number of nitrogens with zero attached hydrogens (tertiary/aromatic N) is 4. The van der Waals surface area contributed by atoms with Gasteiger partial charge in [0, 0.05) is 25.3 Å². The molecule has 33 heavy (non-hydrogen) atoms. The Labute approximate surface area is 193 Å². The molecule has 9 nitrogen and oxygen atoms in total. The SMILES string of the molecule is CCN(CC)C(C=O)N1CCC(Nc2ncc(C(=O)c3cc(F)ccc3OC)c(N)n2)CC1. The van der Waals surface area contributed by atoms with Crippen LogP contribution < -0.4 is 15.8 Å². The van der Waals surface area contributed by atoms with E-state index in [9.17, 15) is 14.0 Å². The first-order valence-corrected chi connectivity index (χ1v) is 11.1. The second-order valence-corrected chi connectivity index (χ2v) is 7.89. The number of anilines is 2. The van der Waals surface area contributed by atoms with Crippen molar-refractivity contribution < 1.29 is 18.7 Å². The number of piperidine rings is 1. The molecule has 3 rings (SSSR count). The van der Waals surface area contributed by atoms with Gasteiger partial charge in [0.1, 0.15) is 23.6 Å². The molecule has 0 saturated carbocycles. The van der Waals surface area contributed by atoms with Crippen LogP contribution in [0.1, 0.15) is 42.6 Å². The van der Waals surface area contributed by atoms with E-state index in [1.807, 2.05) is 0 Å². The van der Waals surface area contributed by atoms with Crippen molar-refractivity contribution in [3.05, 3.63) is 41.3 Å². The smallest absolute Gasteiger partial charge is 0.224 e. The molecule has 1 unspecified atom stereocenters. The number of hydrogen-bond acceptors (Lipinski definition) is 9. The predicted octanol–water partition coefficient (Wildman–Crippen LogP) is 2.18. The van der Waals surface area contributed by atoms with E-state index >= 15 is 0 Å². The topological polar surface area (TPSA) is 114 Å². The Morgan fingerprint density at radius 3 is 2.61 bits per heavy atom. The number of benzene rings is 1. The van der Waals surface area contributed by atoms with Gasteiger partial charge in [-0.3, -0.25) is 14.6 Å². The van der Waals surface area contributed by atoms with Crippen molar-refractivity contribution in [1.82, 2.24) is 19.8 Å².